The minimum atomic E-state index is -4.55. The number of hydrogen-bond donors (Lipinski definition) is 2. The first-order valence-electron chi connectivity index (χ1n) is 6.20. The molecule has 0 unspecified atom stereocenters. The second-order valence-electron chi connectivity index (χ2n) is 4.51. The summed E-state index contributed by atoms with van der Waals surface area (Å²) in [6, 6.07) is 3.59. The number of aromatic nitrogens is 1. The second kappa shape index (κ2) is 5.55. The number of alkyl halides is 3. The highest BCUT2D eigenvalue weighted by Crippen LogP contribution is 2.36. The molecule has 0 amide bonds. The third kappa shape index (κ3) is 2.81. The number of aromatic hydroxyl groups is 1. The first-order valence-corrected chi connectivity index (χ1v) is 6.20. The van der Waals surface area contributed by atoms with E-state index in [0.29, 0.717) is 5.69 Å². The van der Waals surface area contributed by atoms with Crippen LogP contribution in [-0.4, -0.2) is 10.1 Å². The summed E-state index contributed by atoms with van der Waals surface area (Å²) in [7, 11) is 0. The van der Waals surface area contributed by atoms with E-state index >= 15 is 0 Å². The summed E-state index contributed by atoms with van der Waals surface area (Å²) in [5.74, 6) is -0.370. The Balaban J connectivity index is 2.72. The molecular formula is C16H12F3NO2. The fraction of sp³-hybridized carbons (Fsp3) is 0.0625. The van der Waals surface area contributed by atoms with Gasteiger partial charge >= 0.3 is 6.18 Å². The number of phenolic OH excluding ortho intramolecular Hbond substituents is 1. The Bertz CT molecular complexity index is 804. The molecule has 1 aromatic heterocycles. The highest BCUT2D eigenvalue weighted by atomic mass is 19.4. The number of nitrogens with one attached hydrogen (secondary N) is 1. The number of phenols is 1. The highest BCUT2D eigenvalue weighted by molar-refractivity contribution is 5.71. The van der Waals surface area contributed by atoms with E-state index in [2.05, 4.69) is 18.1 Å². The molecule has 0 aliphatic heterocycles. The van der Waals surface area contributed by atoms with Crippen molar-refractivity contribution >= 4 is 12.2 Å². The van der Waals surface area contributed by atoms with Gasteiger partial charge in [-0.2, -0.15) is 13.2 Å². The molecule has 1 heterocycles. The molecule has 3 nitrogen and oxygen atoms in total. The zero-order valence-electron chi connectivity index (χ0n) is 11.4. The molecule has 1 aromatic carbocycles. The number of H-pyrrole nitrogens is 1. The zero-order valence-corrected chi connectivity index (χ0v) is 11.4. The number of hydrogen-bond acceptors (Lipinski definition) is 2. The maximum atomic E-state index is 12.8. The topological polar surface area (TPSA) is 53.1 Å². The third-order valence-electron chi connectivity index (χ3n) is 3.12. The van der Waals surface area contributed by atoms with Crippen LogP contribution in [0.25, 0.3) is 23.4 Å². The van der Waals surface area contributed by atoms with E-state index in [9.17, 15) is 23.1 Å². The first kappa shape index (κ1) is 15.6. The zero-order chi connectivity index (χ0) is 16.5. The van der Waals surface area contributed by atoms with E-state index in [1.165, 1.54) is 12.2 Å². The molecule has 2 rings (SSSR count). The number of pyridine rings is 1. The Kier molecular flexibility index (Phi) is 3.95. The van der Waals surface area contributed by atoms with Crippen molar-refractivity contribution in [3.8, 4) is 17.0 Å². The molecule has 0 aliphatic rings. The first-order chi connectivity index (χ1) is 10.3. The average Bonchev–Trinajstić information content (AvgIpc) is 2.45. The fourth-order valence-corrected chi connectivity index (χ4v) is 2.03. The lowest BCUT2D eigenvalue weighted by Gasteiger charge is -2.12. The van der Waals surface area contributed by atoms with Gasteiger partial charge in [-0.1, -0.05) is 19.2 Å². The molecular weight excluding hydrogens is 295 g/mol. The molecule has 0 saturated heterocycles. The molecule has 0 aliphatic carbocycles. The third-order valence-corrected chi connectivity index (χ3v) is 3.12. The minimum absolute atomic E-state index is 0.0640. The summed E-state index contributed by atoms with van der Waals surface area (Å²) >= 11 is 0. The molecule has 0 atom stereocenters. The van der Waals surface area contributed by atoms with Gasteiger partial charge in [0.2, 0.25) is 0 Å². The van der Waals surface area contributed by atoms with Crippen LogP contribution < -0.4 is 5.43 Å². The maximum absolute atomic E-state index is 12.8. The lowest BCUT2D eigenvalue weighted by atomic mass is 10.0. The Labute approximate surface area is 124 Å². The number of aromatic amines is 1. The van der Waals surface area contributed by atoms with Crippen LogP contribution in [0.4, 0.5) is 13.2 Å². The van der Waals surface area contributed by atoms with Crippen LogP contribution in [0.3, 0.4) is 0 Å². The lowest BCUT2D eigenvalue weighted by molar-refractivity contribution is -0.137. The Morgan fingerprint density at radius 2 is 1.82 bits per heavy atom. The van der Waals surface area contributed by atoms with Gasteiger partial charge in [-0.15, -0.1) is 0 Å². The summed E-state index contributed by atoms with van der Waals surface area (Å²) in [4.78, 5) is 14.7. The predicted molar refractivity (Wildman–Crippen MR) is 79.3 cm³/mol. The van der Waals surface area contributed by atoms with E-state index in [-0.39, 0.29) is 22.6 Å². The fourth-order valence-electron chi connectivity index (χ4n) is 2.03. The number of halogens is 3. The van der Waals surface area contributed by atoms with Gasteiger partial charge in [0, 0.05) is 22.9 Å². The van der Waals surface area contributed by atoms with Crippen LogP contribution in [-0.2, 0) is 6.18 Å². The molecule has 6 heteroatoms. The Morgan fingerprint density at radius 1 is 1.14 bits per heavy atom. The predicted octanol–water partition coefficient (Wildman–Crippen LogP) is 4.05. The van der Waals surface area contributed by atoms with Crippen molar-refractivity contribution in [1.82, 2.24) is 4.98 Å². The Hall–Kier alpha value is -2.76. The van der Waals surface area contributed by atoms with Crippen LogP contribution >= 0.6 is 0 Å². The van der Waals surface area contributed by atoms with Gasteiger partial charge in [0.05, 0.1) is 11.3 Å². The van der Waals surface area contributed by atoms with Gasteiger partial charge in [0.15, 0.2) is 5.43 Å². The van der Waals surface area contributed by atoms with Crippen molar-refractivity contribution in [2.75, 3.05) is 0 Å². The van der Waals surface area contributed by atoms with E-state index in [1.807, 2.05) is 0 Å². The largest absolute Gasteiger partial charge is 0.507 e. The summed E-state index contributed by atoms with van der Waals surface area (Å²) in [5.41, 5.74) is -0.844. The van der Waals surface area contributed by atoms with Gasteiger partial charge in [-0.25, -0.2) is 0 Å². The van der Waals surface area contributed by atoms with Crippen molar-refractivity contribution in [3.05, 3.63) is 64.5 Å². The van der Waals surface area contributed by atoms with E-state index in [0.717, 1.165) is 24.3 Å². The molecule has 2 N–H and O–H groups in total. The van der Waals surface area contributed by atoms with Gasteiger partial charge in [-0.3, -0.25) is 4.79 Å². The quantitative estimate of drug-likeness (QED) is 0.898. The maximum Gasteiger partial charge on any atom is 0.416 e. The van der Waals surface area contributed by atoms with Crippen molar-refractivity contribution in [2.24, 2.45) is 0 Å². The van der Waals surface area contributed by atoms with Crippen LogP contribution in [0.5, 0.6) is 5.75 Å². The lowest BCUT2D eigenvalue weighted by Crippen LogP contribution is -2.09. The summed E-state index contributed by atoms with van der Waals surface area (Å²) in [6.07, 6.45) is -1.87. The Morgan fingerprint density at radius 3 is 2.36 bits per heavy atom. The van der Waals surface area contributed by atoms with Crippen LogP contribution in [0.1, 0.15) is 16.8 Å². The SMILES string of the molecule is C=Cc1[nH]c(-c2cc(C(F)(F)F)ccc2O)cc(=O)c1C=C. The molecule has 0 saturated carbocycles. The minimum Gasteiger partial charge on any atom is -0.507 e. The van der Waals surface area contributed by atoms with Crippen molar-refractivity contribution < 1.29 is 18.3 Å². The smallest absolute Gasteiger partial charge is 0.416 e. The van der Waals surface area contributed by atoms with E-state index in [1.54, 1.807) is 0 Å². The molecule has 2 aromatic rings. The van der Waals surface area contributed by atoms with Crippen molar-refractivity contribution in [1.29, 1.82) is 0 Å². The number of benzene rings is 1. The molecule has 0 radical (unpaired) electrons. The molecule has 0 bridgehead atoms. The molecule has 22 heavy (non-hydrogen) atoms. The molecule has 114 valence electrons. The molecule has 0 spiro atoms. The van der Waals surface area contributed by atoms with Crippen LogP contribution in [0.2, 0.25) is 0 Å². The monoisotopic (exact) mass is 307 g/mol. The van der Waals surface area contributed by atoms with Gasteiger partial charge in [-0.05, 0) is 24.3 Å². The van der Waals surface area contributed by atoms with Crippen molar-refractivity contribution in [2.45, 2.75) is 6.18 Å². The van der Waals surface area contributed by atoms with Gasteiger partial charge in [0.25, 0.3) is 0 Å². The summed E-state index contributed by atoms with van der Waals surface area (Å²) in [5, 5.41) is 9.80. The van der Waals surface area contributed by atoms with Gasteiger partial charge < -0.3 is 10.1 Å². The van der Waals surface area contributed by atoms with Gasteiger partial charge in [0.1, 0.15) is 5.75 Å². The van der Waals surface area contributed by atoms with Crippen LogP contribution in [0, 0.1) is 0 Å². The van der Waals surface area contributed by atoms with Crippen LogP contribution in [0.15, 0.2) is 42.2 Å². The number of rotatable bonds is 3. The standard InChI is InChI=1S/C16H12F3NO2/c1-3-10-12(4-2)20-13(8-15(10)22)11-7-9(16(17,18)19)5-6-14(11)21/h3-8,21H,1-2H2,(H,20,22). The normalized spacial score (nSPS) is 11.2. The molecule has 0 fully saturated rings. The highest BCUT2D eigenvalue weighted by Gasteiger charge is 2.31. The average molecular weight is 307 g/mol. The van der Waals surface area contributed by atoms with E-state index in [4.69, 9.17) is 0 Å². The summed E-state index contributed by atoms with van der Waals surface area (Å²) < 4.78 is 38.3. The second-order valence-corrected chi connectivity index (χ2v) is 4.51. The van der Waals surface area contributed by atoms with E-state index < -0.39 is 17.2 Å². The summed E-state index contributed by atoms with van der Waals surface area (Å²) in [6.45, 7) is 7.04. The van der Waals surface area contributed by atoms with Crippen molar-refractivity contribution in [3.63, 3.8) is 0 Å².